The lowest BCUT2D eigenvalue weighted by molar-refractivity contribution is -0.137. The van der Waals surface area contributed by atoms with E-state index in [1.54, 1.807) is 4.90 Å². The molecule has 0 spiro atoms. The van der Waals surface area contributed by atoms with Crippen molar-refractivity contribution in [3.05, 3.63) is 0 Å². The number of carbonyl (C=O) groups excluding carboxylic acids is 1. The monoisotopic (exact) mass is 284 g/mol. The van der Waals surface area contributed by atoms with E-state index in [4.69, 9.17) is 5.11 Å². The molecule has 1 aliphatic heterocycles. The Morgan fingerprint density at radius 2 is 2.10 bits per heavy atom. The average Bonchev–Trinajstić information content (AvgIpc) is 2.42. The molecule has 2 aliphatic rings. The zero-order chi connectivity index (χ0) is 14.6. The van der Waals surface area contributed by atoms with Gasteiger partial charge in [-0.3, -0.25) is 4.79 Å². The molecule has 2 amide bonds. The Morgan fingerprint density at radius 1 is 1.30 bits per heavy atom. The first kappa shape index (κ1) is 15.1. The molecule has 0 aromatic heterocycles. The Hall–Kier alpha value is -1.30. The molecule has 0 aromatic carbocycles. The van der Waals surface area contributed by atoms with Crippen LogP contribution in [0.4, 0.5) is 4.79 Å². The van der Waals surface area contributed by atoms with E-state index in [-0.39, 0.29) is 18.4 Å². The van der Waals surface area contributed by atoms with Crippen molar-refractivity contribution < 1.29 is 19.8 Å². The molecule has 1 saturated heterocycles. The molecule has 2 atom stereocenters. The highest BCUT2D eigenvalue weighted by atomic mass is 16.4. The predicted molar refractivity (Wildman–Crippen MR) is 73.4 cm³/mol. The number of nitrogens with one attached hydrogen (secondary N) is 1. The normalized spacial score (nSPS) is 29.6. The minimum absolute atomic E-state index is 0.0721. The number of piperidine rings is 1. The van der Waals surface area contributed by atoms with Crippen LogP contribution in [0.15, 0.2) is 0 Å². The lowest BCUT2D eigenvalue weighted by atomic mass is 9.71. The number of urea groups is 1. The molecule has 6 heteroatoms. The molecular formula is C14H24N2O4. The lowest BCUT2D eigenvalue weighted by Crippen LogP contribution is -2.56. The molecule has 3 N–H and O–H groups in total. The Morgan fingerprint density at radius 3 is 2.85 bits per heavy atom. The van der Waals surface area contributed by atoms with Crippen molar-refractivity contribution in [2.24, 2.45) is 5.92 Å². The maximum atomic E-state index is 12.0. The highest BCUT2D eigenvalue weighted by Crippen LogP contribution is 2.39. The van der Waals surface area contributed by atoms with Crippen LogP contribution in [0.1, 0.15) is 44.9 Å². The summed E-state index contributed by atoms with van der Waals surface area (Å²) in [5.74, 6) is -0.653. The fraction of sp³-hybridized carbons (Fsp3) is 0.857. The molecule has 1 heterocycles. The van der Waals surface area contributed by atoms with Gasteiger partial charge < -0.3 is 20.4 Å². The number of hydrogen-bond acceptors (Lipinski definition) is 3. The topological polar surface area (TPSA) is 89.9 Å². The second-order valence-electron chi connectivity index (χ2n) is 5.97. The highest BCUT2D eigenvalue weighted by Gasteiger charge is 2.43. The number of aliphatic carboxylic acids is 1. The van der Waals surface area contributed by atoms with Gasteiger partial charge in [0.2, 0.25) is 0 Å². The van der Waals surface area contributed by atoms with Crippen LogP contribution in [0.5, 0.6) is 0 Å². The molecule has 1 aliphatic carbocycles. The van der Waals surface area contributed by atoms with E-state index < -0.39 is 11.6 Å². The summed E-state index contributed by atoms with van der Waals surface area (Å²) >= 11 is 0. The van der Waals surface area contributed by atoms with E-state index in [0.29, 0.717) is 32.5 Å². The van der Waals surface area contributed by atoms with Crippen molar-refractivity contribution in [1.82, 2.24) is 10.2 Å². The fourth-order valence-electron chi connectivity index (χ4n) is 3.30. The van der Waals surface area contributed by atoms with Gasteiger partial charge in [0.25, 0.3) is 0 Å². The third-order valence-electron chi connectivity index (χ3n) is 4.56. The van der Waals surface area contributed by atoms with Crippen LogP contribution < -0.4 is 5.32 Å². The van der Waals surface area contributed by atoms with Gasteiger partial charge in [0.05, 0.1) is 5.60 Å². The fourth-order valence-corrected chi connectivity index (χ4v) is 3.30. The third kappa shape index (κ3) is 3.62. The van der Waals surface area contributed by atoms with Gasteiger partial charge in [-0.2, -0.15) is 0 Å². The van der Waals surface area contributed by atoms with Gasteiger partial charge in [0.15, 0.2) is 0 Å². The largest absolute Gasteiger partial charge is 0.481 e. The molecular weight excluding hydrogens is 260 g/mol. The van der Waals surface area contributed by atoms with Gasteiger partial charge in [0, 0.05) is 32.0 Å². The maximum Gasteiger partial charge on any atom is 0.317 e. The Labute approximate surface area is 119 Å². The summed E-state index contributed by atoms with van der Waals surface area (Å²) in [4.78, 5) is 24.2. The van der Waals surface area contributed by atoms with E-state index in [9.17, 15) is 14.7 Å². The van der Waals surface area contributed by atoms with Crippen LogP contribution >= 0.6 is 0 Å². The summed E-state index contributed by atoms with van der Waals surface area (Å²) in [6.45, 7) is 1.58. The van der Waals surface area contributed by atoms with Gasteiger partial charge in [-0.15, -0.1) is 0 Å². The number of carboxylic acid groups (broad SMARTS) is 1. The standard InChI is InChI=1S/C14H24N2O4/c17-12(18)5-3-8-15-13(19)16-9-7-14(20)6-2-1-4-11(14)10-16/h11,20H,1-10H2,(H,15,19)(H,17,18). The maximum absolute atomic E-state index is 12.0. The van der Waals surface area contributed by atoms with Crippen molar-refractivity contribution in [2.75, 3.05) is 19.6 Å². The molecule has 2 rings (SSSR count). The zero-order valence-corrected chi connectivity index (χ0v) is 11.8. The second kappa shape index (κ2) is 6.43. The Bertz CT molecular complexity index is 374. The molecule has 20 heavy (non-hydrogen) atoms. The minimum Gasteiger partial charge on any atom is -0.481 e. The summed E-state index contributed by atoms with van der Waals surface area (Å²) in [7, 11) is 0. The molecule has 0 aromatic rings. The van der Waals surface area contributed by atoms with Crippen molar-refractivity contribution in [3.8, 4) is 0 Å². The first-order valence-electron chi connectivity index (χ1n) is 7.48. The molecule has 6 nitrogen and oxygen atoms in total. The molecule has 0 radical (unpaired) electrons. The van der Waals surface area contributed by atoms with Crippen molar-refractivity contribution in [3.63, 3.8) is 0 Å². The minimum atomic E-state index is -0.843. The van der Waals surface area contributed by atoms with Crippen LogP contribution in [0.2, 0.25) is 0 Å². The van der Waals surface area contributed by atoms with Crippen molar-refractivity contribution in [2.45, 2.75) is 50.5 Å². The van der Waals surface area contributed by atoms with Crippen molar-refractivity contribution >= 4 is 12.0 Å². The highest BCUT2D eigenvalue weighted by molar-refractivity contribution is 5.74. The predicted octanol–water partition coefficient (Wildman–Crippen LogP) is 1.19. The van der Waals surface area contributed by atoms with Crippen LogP contribution in [-0.4, -0.2) is 52.3 Å². The van der Waals surface area contributed by atoms with Gasteiger partial charge in [-0.05, 0) is 25.7 Å². The van der Waals surface area contributed by atoms with Crippen molar-refractivity contribution in [1.29, 1.82) is 0 Å². The number of carboxylic acids is 1. The van der Waals surface area contributed by atoms with Gasteiger partial charge in [0.1, 0.15) is 0 Å². The Balaban J connectivity index is 1.76. The summed E-state index contributed by atoms with van der Waals surface area (Å²) in [6, 6.07) is -0.136. The number of aliphatic hydroxyl groups is 1. The molecule has 1 saturated carbocycles. The number of rotatable bonds is 4. The number of likely N-dealkylation sites (tertiary alicyclic amines) is 1. The smallest absolute Gasteiger partial charge is 0.317 e. The molecule has 2 fully saturated rings. The average molecular weight is 284 g/mol. The van der Waals surface area contributed by atoms with E-state index in [1.165, 1.54) is 0 Å². The SMILES string of the molecule is O=C(O)CCCNC(=O)N1CCC2(O)CCCCC2C1. The third-order valence-corrected chi connectivity index (χ3v) is 4.56. The molecule has 2 unspecified atom stereocenters. The number of fused-ring (bicyclic) bond motifs is 1. The van der Waals surface area contributed by atoms with E-state index in [0.717, 1.165) is 25.7 Å². The quantitative estimate of drug-likeness (QED) is 0.676. The molecule has 0 bridgehead atoms. The zero-order valence-electron chi connectivity index (χ0n) is 11.8. The number of carbonyl (C=O) groups is 2. The first-order valence-corrected chi connectivity index (χ1v) is 7.48. The number of amides is 2. The summed E-state index contributed by atoms with van der Waals surface area (Å²) in [5, 5.41) is 21.8. The van der Waals surface area contributed by atoms with Crippen LogP contribution in [0.3, 0.4) is 0 Å². The first-order chi connectivity index (χ1) is 9.51. The number of nitrogens with zero attached hydrogens (tertiary/aromatic N) is 1. The summed E-state index contributed by atoms with van der Waals surface area (Å²) in [5.41, 5.74) is -0.571. The van der Waals surface area contributed by atoms with E-state index in [2.05, 4.69) is 5.32 Å². The van der Waals surface area contributed by atoms with Gasteiger partial charge in [-0.25, -0.2) is 4.79 Å². The summed E-state index contributed by atoms with van der Waals surface area (Å²) in [6.07, 6.45) is 5.21. The lowest BCUT2D eigenvalue weighted by Gasteiger charge is -2.47. The van der Waals surface area contributed by atoms with Crippen LogP contribution in [-0.2, 0) is 4.79 Å². The van der Waals surface area contributed by atoms with E-state index in [1.807, 2.05) is 0 Å². The Kier molecular flexibility index (Phi) is 4.86. The van der Waals surface area contributed by atoms with Crippen LogP contribution in [0, 0.1) is 5.92 Å². The summed E-state index contributed by atoms with van der Waals surface area (Å²) < 4.78 is 0. The van der Waals surface area contributed by atoms with Crippen LogP contribution in [0.25, 0.3) is 0 Å². The van der Waals surface area contributed by atoms with Gasteiger partial charge >= 0.3 is 12.0 Å². The molecule has 114 valence electrons. The van der Waals surface area contributed by atoms with E-state index >= 15 is 0 Å². The second-order valence-corrected chi connectivity index (χ2v) is 5.97. The number of hydrogen-bond donors (Lipinski definition) is 3. The van der Waals surface area contributed by atoms with Gasteiger partial charge in [-0.1, -0.05) is 12.8 Å².